The Hall–Kier alpha value is -3.12. The Balaban J connectivity index is 1.77. The lowest BCUT2D eigenvalue weighted by atomic mass is 10.3. The van der Waals surface area contributed by atoms with Crippen molar-refractivity contribution in [2.75, 3.05) is 11.1 Å². The van der Waals surface area contributed by atoms with Crippen molar-refractivity contribution in [3.05, 3.63) is 66.2 Å². The first-order valence-electron chi connectivity index (χ1n) is 7.28. The molecule has 0 saturated heterocycles. The van der Waals surface area contributed by atoms with Crippen LogP contribution in [0.1, 0.15) is 0 Å². The summed E-state index contributed by atoms with van der Waals surface area (Å²) in [7, 11) is 0. The van der Waals surface area contributed by atoms with Crippen LogP contribution in [0.25, 0.3) is 16.9 Å². The Labute approximate surface area is 142 Å². The number of aromatic nitrogens is 4. The van der Waals surface area contributed by atoms with Crippen LogP contribution >= 0.6 is 11.6 Å². The quantitative estimate of drug-likeness (QED) is 0.594. The van der Waals surface area contributed by atoms with E-state index in [0.717, 1.165) is 16.7 Å². The van der Waals surface area contributed by atoms with Gasteiger partial charge in [0, 0.05) is 10.7 Å². The van der Waals surface area contributed by atoms with E-state index in [9.17, 15) is 0 Å². The molecular formula is C17H13ClN6. The lowest BCUT2D eigenvalue weighted by Crippen LogP contribution is -2.07. The van der Waals surface area contributed by atoms with Crippen LogP contribution in [0.5, 0.6) is 0 Å². The summed E-state index contributed by atoms with van der Waals surface area (Å²) in [5, 5.41) is 3.85. The van der Waals surface area contributed by atoms with Crippen molar-refractivity contribution in [2.45, 2.75) is 0 Å². The molecule has 2 aromatic carbocycles. The van der Waals surface area contributed by atoms with Crippen LogP contribution in [-0.2, 0) is 0 Å². The summed E-state index contributed by atoms with van der Waals surface area (Å²) in [6, 6.07) is 15.1. The summed E-state index contributed by atoms with van der Waals surface area (Å²) in [4.78, 5) is 12.9. The fourth-order valence-corrected chi connectivity index (χ4v) is 2.60. The molecule has 6 nitrogen and oxygen atoms in total. The van der Waals surface area contributed by atoms with Crippen LogP contribution in [0.2, 0.25) is 5.02 Å². The largest absolute Gasteiger partial charge is 0.393 e. The molecule has 118 valence electrons. The molecule has 3 N–H and O–H groups in total. The molecule has 0 aliphatic heterocycles. The van der Waals surface area contributed by atoms with E-state index in [1.165, 1.54) is 6.33 Å². The van der Waals surface area contributed by atoms with Gasteiger partial charge in [-0.05, 0) is 36.4 Å². The molecule has 0 spiro atoms. The number of hydrogen-bond donors (Lipinski definition) is 2. The standard InChI is InChI=1S/C17H13ClN6/c18-11-5-7-12(8-6-11)23-16-15(19)17(21-9-20-16)24-10-22-13-3-1-2-4-14(13)24/h1-10H,19H2,(H,20,21,23). The van der Waals surface area contributed by atoms with Crippen molar-refractivity contribution in [3.8, 4) is 5.82 Å². The predicted octanol–water partition coefficient (Wildman–Crippen LogP) is 3.79. The molecule has 0 aliphatic rings. The molecule has 0 aliphatic carbocycles. The van der Waals surface area contributed by atoms with Crippen LogP contribution in [0.15, 0.2) is 61.2 Å². The monoisotopic (exact) mass is 336 g/mol. The molecule has 2 heterocycles. The second kappa shape index (κ2) is 5.82. The van der Waals surface area contributed by atoms with Gasteiger partial charge in [0.2, 0.25) is 0 Å². The van der Waals surface area contributed by atoms with Gasteiger partial charge in [0.15, 0.2) is 11.6 Å². The Kier molecular flexibility index (Phi) is 3.51. The molecule has 24 heavy (non-hydrogen) atoms. The highest BCUT2D eigenvalue weighted by molar-refractivity contribution is 6.30. The molecule has 2 aromatic heterocycles. The lowest BCUT2D eigenvalue weighted by molar-refractivity contribution is 1.00. The number of nitrogen functional groups attached to an aromatic ring is 1. The second-order valence-corrected chi connectivity index (χ2v) is 5.63. The summed E-state index contributed by atoms with van der Waals surface area (Å²) < 4.78 is 1.85. The van der Waals surface area contributed by atoms with Crippen LogP contribution in [-0.4, -0.2) is 19.5 Å². The van der Waals surface area contributed by atoms with Gasteiger partial charge in [0.05, 0.1) is 11.0 Å². The summed E-state index contributed by atoms with van der Waals surface area (Å²) in [6.07, 6.45) is 3.17. The minimum Gasteiger partial charge on any atom is -0.393 e. The summed E-state index contributed by atoms with van der Waals surface area (Å²) >= 11 is 5.91. The number of nitrogens with one attached hydrogen (secondary N) is 1. The molecule has 4 rings (SSSR count). The summed E-state index contributed by atoms with van der Waals surface area (Å²) in [6.45, 7) is 0. The maximum Gasteiger partial charge on any atom is 0.167 e. The van der Waals surface area contributed by atoms with Gasteiger partial charge in [0.1, 0.15) is 18.3 Å². The molecule has 0 atom stereocenters. The van der Waals surface area contributed by atoms with Gasteiger partial charge in [0.25, 0.3) is 0 Å². The Bertz CT molecular complexity index is 1010. The number of anilines is 3. The minimum absolute atomic E-state index is 0.440. The van der Waals surface area contributed by atoms with E-state index < -0.39 is 0 Å². The van der Waals surface area contributed by atoms with Gasteiger partial charge in [-0.3, -0.25) is 4.57 Å². The van der Waals surface area contributed by atoms with Crippen LogP contribution in [0.3, 0.4) is 0 Å². The minimum atomic E-state index is 0.440. The van der Waals surface area contributed by atoms with E-state index >= 15 is 0 Å². The number of halogens is 1. The van der Waals surface area contributed by atoms with E-state index in [1.807, 2.05) is 41.0 Å². The van der Waals surface area contributed by atoms with Crippen molar-refractivity contribution in [2.24, 2.45) is 0 Å². The van der Waals surface area contributed by atoms with Gasteiger partial charge < -0.3 is 11.1 Å². The molecule has 0 saturated carbocycles. The van der Waals surface area contributed by atoms with Gasteiger partial charge in [-0.15, -0.1) is 0 Å². The fourth-order valence-electron chi connectivity index (χ4n) is 2.48. The molecule has 0 amide bonds. The first kappa shape index (κ1) is 14.5. The van der Waals surface area contributed by atoms with E-state index in [0.29, 0.717) is 22.3 Å². The van der Waals surface area contributed by atoms with Gasteiger partial charge >= 0.3 is 0 Å². The molecule has 0 fully saturated rings. The highest BCUT2D eigenvalue weighted by Gasteiger charge is 2.12. The number of fused-ring (bicyclic) bond motifs is 1. The Morgan fingerprint density at radius 3 is 2.58 bits per heavy atom. The number of rotatable bonds is 3. The van der Waals surface area contributed by atoms with Gasteiger partial charge in [-0.25, -0.2) is 15.0 Å². The number of benzene rings is 2. The molecule has 7 heteroatoms. The smallest absolute Gasteiger partial charge is 0.167 e. The molecule has 4 aromatic rings. The maximum absolute atomic E-state index is 6.28. The predicted molar refractivity (Wildman–Crippen MR) is 95.8 cm³/mol. The first-order chi connectivity index (χ1) is 11.7. The van der Waals surface area contributed by atoms with Crippen molar-refractivity contribution in [3.63, 3.8) is 0 Å². The van der Waals surface area contributed by atoms with Crippen LogP contribution in [0, 0.1) is 0 Å². The Morgan fingerprint density at radius 2 is 1.75 bits per heavy atom. The molecular weight excluding hydrogens is 324 g/mol. The Morgan fingerprint density at radius 1 is 0.958 bits per heavy atom. The molecule has 0 radical (unpaired) electrons. The third-order valence-corrected chi connectivity index (χ3v) is 3.90. The number of imidazole rings is 1. The molecule has 0 bridgehead atoms. The average molecular weight is 337 g/mol. The first-order valence-corrected chi connectivity index (χ1v) is 7.66. The van der Waals surface area contributed by atoms with E-state index in [2.05, 4.69) is 20.3 Å². The van der Waals surface area contributed by atoms with Crippen molar-refractivity contribution in [1.82, 2.24) is 19.5 Å². The second-order valence-electron chi connectivity index (χ2n) is 5.19. The van der Waals surface area contributed by atoms with E-state index in [1.54, 1.807) is 18.5 Å². The summed E-state index contributed by atoms with van der Waals surface area (Å²) in [5.41, 5.74) is 9.37. The van der Waals surface area contributed by atoms with Crippen molar-refractivity contribution >= 4 is 39.8 Å². The maximum atomic E-state index is 6.28. The molecule has 0 unspecified atom stereocenters. The zero-order chi connectivity index (χ0) is 16.5. The average Bonchev–Trinajstić information content (AvgIpc) is 3.03. The SMILES string of the molecule is Nc1c(Nc2ccc(Cl)cc2)ncnc1-n1cnc2ccccc21. The van der Waals surface area contributed by atoms with Crippen LogP contribution < -0.4 is 11.1 Å². The van der Waals surface area contributed by atoms with Gasteiger partial charge in [-0.1, -0.05) is 23.7 Å². The number of nitrogens with two attached hydrogens (primary N) is 1. The third kappa shape index (κ3) is 2.53. The highest BCUT2D eigenvalue weighted by atomic mass is 35.5. The highest BCUT2D eigenvalue weighted by Crippen LogP contribution is 2.27. The zero-order valence-corrected chi connectivity index (χ0v) is 13.3. The van der Waals surface area contributed by atoms with Crippen molar-refractivity contribution in [1.29, 1.82) is 0 Å². The number of nitrogens with zero attached hydrogens (tertiary/aromatic N) is 4. The normalized spacial score (nSPS) is 10.9. The third-order valence-electron chi connectivity index (χ3n) is 3.65. The zero-order valence-electron chi connectivity index (χ0n) is 12.5. The van der Waals surface area contributed by atoms with Crippen molar-refractivity contribution < 1.29 is 0 Å². The topological polar surface area (TPSA) is 81.6 Å². The van der Waals surface area contributed by atoms with E-state index in [4.69, 9.17) is 17.3 Å². The van der Waals surface area contributed by atoms with Gasteiger partial charge in [-0.2, -0.15) is 0 Å². The fraction of sp³-hybridized carbons (Fsp3) is 0. The number of para-hydroxylation sites is 2. The lowest BCUT2D eigenvalue weighted by Gasteiger charge is -2.12. The van der Waals surface area contributed by atoms with Crippen LogP contribution in [0.4, 0.5) is 17.2 Å². The summed E-state index contributed by atoms with van der Waals surface area (Å²) in [5.74, 6) is 1.11. The van der Waals surface area contributed by atoms with E-state index in [-0.39, 0.29) is 0 Å². The number of hydrogen-bond acceptors (Lipinski definition) is 5.